The van der Waals surface area contributed by atoms with Gasteiger partial charge in [-0.1, -0.05) is 59.6 Å². The van der Waals surface area contributed by atoms with E-state index in [1.807, 2.05) is 12.1 Å². The molecule has 2 aliphatic heterocycles. The number of likely N-dealkylation sites (tertiary alicyclic amines) is 2. The molecular formula is C29H37N5O2. The van der Waals surface area contributed by atoms with Gasteiger partial charge in [-0.25, -0.2) is 0 Å². The first-order valence-electron chi connectivity index (χ1n) is 13.3. The number of aryl methyl sites for hydroxylation is 1. The molecule has 2 fully saturated rings. The number of carbonyl (C=O) groups is 1. The van der Waals surface area contributed by atoms with Gasteiger partial charge in [0.2, 0.25) is 17.6 Å². The molecule has 2 saturated heterocycles. The maximum Gasteiger partial charge on any atom is 0.241 e. The molecule has 36 heavy (non-hydrogen) atoms. The van der Waals surface area contributed by atoms with Crippen LogP contribution < -0.4 is 5.32 Å². The van der Waals surface area contributed by atoms with Crippen LogP contribution in [0.15, 0.2) is 53.1 Å². The van der Waals surface area contributed by atoms with E-state index in [9.17, 15) is 4.79 Å². The number of nitrogens with one attached hydrogen (secondary N) is 1. The minimum absolute atomic E-state index is 0.0190. The van der Waals surface area contributed by atoms with Crippen LogP contribution in [0.25, 0.3) is 11.4 Å². The summed E-state index contributed by atoms with van der Waals surface area (Å²) in [5, 5.41) is 7.34. The van der Waals surface area contributed by atoms with Crippen molar-refractivity contribution in [2.45, 2.75) is 58.7 Å². The van der Waals surface area contributed by atoms with Gasteiger partial charge in [0.05, 0.1) is 12.5 Å². The van der Waals surface area contributed by atoms with E-state index in [1.165, 1.54) is 43.5 Å². The highest BCUT2D eigenvalue weighted by molar-refractivity contribution is 5.79. The summed E-state index contributed by atoms with van der Waals surface area (Å²) in [6, 6.07) is 16.7. The zero-order valence-electron chi connectivity index (χ0n) is 21.3. The lowest BCUT2D eigenvalue weighted by Crippen LogP contribution is -2.42. The van der Waals surface area contributed by atoms with Crippen LogP contribution in [0.4, 0.5) is 0 Å². The molecule has 1 atom stereocenters. The van der Waals surface area contributed by atoms with Crippen LogP contribution >= 0.6 is 0 Å². The molecule has 5 rings (SSSR count). The van der Waals surface area contributed by atoms with E-state index in [0.29, 0.717) is 31.3 Å². The van der Waals surface area contributed by atoms with Crippen molar-refractivity contribution in [3.63, 3.8) is 0 Å². The van der Waals surface area contributed by atoms with Crippen molar-refractivity contribution in [2.24, 2.45) is 5.92 Å². The summed E-state index contributed by atoms with van der Waals surface area (Å²) in [5.41, 5.74) is 4.62. The Bertz CT molecular complexity index is 1150. The largest absolute Gasteiger partial charge is 0.352 e. The highest BCUT2D eigenvalue weighted by atomic mass is 16.5. The highest BCUT2D eigenvalue weighted by Crippen LogP contribution is 2.21. The van der Waals surface area contributed by atoms with Crippen molar-refractivity contribution in [3.05, 3.63) is 71.1 Å². The molecule has 2 aliphatic rings. The minimum atomic E-state index is -0.0190. The molecular weight excluding hydrogens is 450 g/mol. The van der Waals surface area contributed by atoms with E-state index in [4.69, 9.17) is 4.52 Å². The first-order chi connectivity index (χ1) is 17.6. The van der Waals surface area contributed by atoms with Crippen LogP contribution in [-0.4, -0.2) is 52.0 Å². The van der Waals surface area contributed by atoms with E-state index in [0.717, 1.165) is 37.1 Å². The molecule has 7 heteroatoms. The van der Waals surface area contributed by atoms with Gasteiger partial charge in [-0.05, 0) is 69.4 Å². The van der Waals surface area contributed by atoms with Gasteiger partial charge < -0.3 is 9.84 Å². The molecule has 190 valence electrons. The third-order valence-electron chi connectivity index (χ3n) is 7.29. The van der Waals surface area contributed by atoms with Crippen molar-refractivity contribution < 1.29 is 9.32 Å². The van der Waals surface area contributed by atoms with E-state index >= 15 is 0 Å². The number of benzene rings is 2. The number of piperidine rings is 2. The van der Waals surface area contributed by atoms with Gasteiger partial charge >= 0.3 is 0 Å². The fraction of sp³-hybridized carbons (Fsp3) is 0.483. The quantitative estimate of drug-likeness (QED) is 0.502. The second-order valence-corrected chi connectivity index (χ2v) is 10.3. The molecule has 1 N–H and O–H groups in total. The van der Waals surface area contributed by atoms with Gasteiger partial charge in [-0.15, -0.1) is 0 Å². The number of aromatic nitrogens is 2. The van der Waals surface area contributed by atoms with Gasteiger partial charge in [0.1, 0.15) is 0 Å². The third kappa shape index (κ3) is 6.59. The fourth-order valence-electron chi connectivity index (χ4n) is 5.37. The summed E-state index contributed by atoms with van der Waals surface area (Å²) >= 11 is 0. The second kappa shape index (κ2) is 11.8. The molecule has 1 aromatic heterocycles. The summed E-state index contributed by atoms with van der Waals surface area (Å²) in [4.78, 5) is 22.4. The number of hydrogen-bond acceptors (Lipinski definition) is 6. The van der Waals surface area contributed by atoms with Crippen molar-refractivity contribution in [2.75, 3.05) is 26.2 Å². The SMILES string of the molecule is Cc1cccc(-c2noc(CN3CCCC(C(=O)NCc4cccc(CN5CCCCC5)c4)C3)n2)c1. The maximum atomic E-state index is 13.0. The Balaban J connectivity index is 1.11. The smallest absolute Gasteiger partial charge is 0.241 e. The Labute approximate surface area is 213 Å². The van der Waals surface area contributed by atoms with Gasteiger partial charge in [0.25, 0.3) is 0 Å². The average Bonchev–Trinajstić information content (AvgIpc) is 3.37. The summed E-state index contributed by atoms with van der Waals surface area (Å²) in [5.74, 6) is 1.32. The lowest BCUT2D eigenvalue weighted by atomic mass is 9.97. The van der Waals surface area contributed by atoms with E-state index in [-0.39, 0.29) is 11.8 Å². The first kappa shape index (κ1) is 24.7. The number of hydrogen-bond donors (Lipinski definition) is 1. The molecule has 0 bridgehead atoms. The Morgan fingerprint density at radius 2 is 1.78 bits per heavy atom. The van der Waals surface area contributed by atoms with Crippen LogP contribution in [0.1, 0.15) is 54.7 Å². The molecule has 7 nitrogen and oxygen atoms in total. The minimum Gasteiger partial charge on any atom is -0.352 e. The lowest BCUT2D eigenvalue weighted by molar-refractivity contribution is -0.127. The van der Waals surface area contributed by atoms with Gasteiger partial charge in [0, 0.05) is 25.2 Å². The molecule has 0 spiro atoms. The first-order valence-corrected chi connectivity index (χ1v) is 13.3. The van der Waals surface area contributed by atoms with E-state index in [2.05, 4.69) is 68.6 Å². The number of rotatable bonds is 8. The van der Waals surface area contributed by atoms with E-state index in [1.54, 1.807) is 0 Å². The monoisotopic (exact) mass is 487 g/mol. The summed E-state index contributed by atoms with van der Waals surface area (Å²) < 4.78 is 5.52. The molecule has 1 amide bonds. The van der Waals surface area contributed by atoms with Crippen LogP contribution in [0.5, 0.6) is 0 Å². The van der Waals surface area contributed by atoms with Crippen LogP contribution in [0.2, 0.25) is 0 Å². The number of amides is 1. The molecule has 2 aromatic carbocycles. The van der Waals surface area contributed by atoms with Crippen molar-refractivity contribution in [1.82, 2.24) is 25.3 Å². The zero-order valence-corrected chi connectivity index (χ0v) is 21.3. The van der Waals surface area contributed by atoms with Crippen LogP contribution in [-0.2, 0) is 24.4 Å². The average molecular weight is 488 g/mol. The summed E-state index contributed by atoms with van der Waals surface area (Å²) in [6.45, 7) is 8.23. The van der Waals surface area contributed by atoms with Crippen LogP contribution in [0.3, 0.4) is 0 Å². The molecule has 3 heterocycles. The molecule has 0 saturated carbocycles. The number of nitrogens with zero attached hydrogens (tertiary/aromatic N) is 4. The van der Waals surface area contributed by atoms with E-state index < -0.39 is 0 Å². The number of carbonyl (C=O) groups excluding carboxylic acids is 1. The molecule has 1 unspecified atom stereocenters. The topological polar surface area (TPSA) is 74.5 Å². The van der Waals surface area contributed by atoms with Gasteiger partial charge in [0.15, 0.2) is 0 Å². The van der Waals surface area contributed by atoms with Crippen molar-refractivity contribution in [3.8, 4) is 11.4 Å². The predicted molar refractivity (Wildman–Crippen MR) is 140 cm³/mol. The Morgan fingerprint density at radius 1 is 0.972 bits per heavy atom. The van der Waals surface area contributed by atoms with Gasteiger partial charge in [-0.3, -0.25) is 14.6 Å². The van der Waals surface area contributed by atoms with Crippen molar-refractivity contribution >= 4 is 5.91 Å². The molecule has 0 aliphatic carbocycles. The summed E-state index contributed by atoms with van der Waals surface area (Å²) in [6.07, 6.45) is 5.85. The van der Waals surface area contributed by atoms with Crippen LogP contribution in [0, 0.1) is 12.8 Å². The van der Waals surface area contributed by atoms with Gasteiger partial charge in [-0.2, -0.15) is 4.98 Å². The Morgan fingerprint density at radius 3 is 2.64 bits per heavy atom. The Hall–Kier alpha value is -3.03. The second-order valence-electron chi connectivity index (χ2n) is 10.3. The standard InChI is InChI=1S/C29H37N5O2/c1-22-8-5-11-25(16-22)28-31-27(36-32-28)21-34-15-7-12-26(20-34)29(35)30-18-23-9-6-10-24(17-23)19-33-13-3-2-4-14-33/h5-6,8-11,16-17,26H,2-4,7,12-15,18-21H2,1H3,(H,30,35). The normalized spacial score (nSPS) is 19.3. The Kier molecular flexibility index (Phi) is 8.08. The maximum absolute atomic E-state index is 13.0. The summed E-state index contributed by atoms with van der Waals surface area (Å²) in [7, 11) is 0. The lowest BCUT2D eigenvalue weighted by Gasteiger charge is -2.30. The fourth-order valence-corrected chi connectivity index (χ4v) is 5.37. The highest BCUT2D eigenvalue weighted by Gasteiger charge is 2.27. The van der Waals surface area contributed by atoms with Crippen molar-refractivity contribution in [1.29, 1.82) is 0 Å². The molecule has 3 aromatic rings. The zero-order chi connectivity index (χ0) is 24.7. The predicted octanol–water partition coefficient (Wildman–Crippen LogP) is 4.56. The third-order valence-corrected chi connectivity index (χ3v) is 7.29. The molecule has 0 radical (unpaired) electrons.